The molecule has 0 unspecified atom stereocenters. The molecule has 94 valence electrons. The van der Waals surface area contributed by atoms with Gasteiger partial charge in [0, 0.05) is 14.7 Å². The number of carbonyl (C=O) groups is 2. The van der Waals surface area contributed by atoms with Crippen LogP contribution in [0.5, 0.6) is 0 Å². The van der Waals surface area contributed by atoms with E-state index in [1.54, 1.807) is 30.3 Å². The molecule has 0 aromatic heterocycles. The van der Waals surface area contributed by atoms with Crippen molar-refractivity contribution in [1.29, 1.82) is 0 Å². The first-order valence-electron chi connectivity index (χ1n) is 5.48. The van der Waals surface area contributed by atoms with E-state index < -0.39 is 0 Å². The topological polar surface area (TPSA) is 60.2 Å². The molecule has 0 heterocycles. The summed E-state index contributed by atoms with van der Waals surface area (Å²) in [5.41, 5.74) is 7.45. The number of carbonyl (C=O) groups excluding carboxylic acids is 2. The number of hydrogen-bond donors (Lipinski definition) is 1. The fourth-order valence-corrected chi connectivity index (χ4v) is 3.30. The molecule has 0 saturated carbocycles. The SMILES string of the molecule is Nc1c(I)cc(Cl)c2c1C(=O)c1ccccc1C2=O. The lowest BCUT2D eigenvalue weighted by atomic mass is 9.83. The van der Waals surface area contributed by atoms with Gasteiger partial charge in [0.25, 0.3) is 0 Å². The zero-order valence-electron chi connectivity index (χ0n) is 9.54. The van der Waals surface area contributed by atoms with E-state index in [2.05, 4.69) is 0 Å². The van der Waals surface area contributed by atoms with E-state index in [1.165, 1.54) is 0 Å². The molecule has 0 saturated heterocycles. The third-order valence-electron chi connectivity index (χ3n) is 3.14. The first kappa shape index (κ1) is 12.6. The number of nitrogens with two attached hydrogens (primary N) is 1. The second kappa shape index (κ2) is 4.31. The van der Waals surface area contributed by atoms with Crippen LogP contribution in [0.3, 0.4) is 0 Å². The molecule has 2 aromatic rings. The summed E-state index contributed by atoms with van der Waals surface area (Å²) in [6.07, 6.45) is 0. The molecule has 1 aliphatic carbocycles. The van der Waals surface area contributed by atoms with Gasteiger partial charge >= 0.3 is 0 Å². The zero-order valence-corrected chi connectivity index (χ0v) is 12.4. The minimum Gasteiger partial charge on any atom is -0.397 e. The summed E-state index contributed by atoms with van der Waals surface area (Å²) in [7, 11) is 0. The second-order valence-corrected chi connectivity index (χ2v) is 5.78. The van der Waals surface area contributed by atoms with Crippen LogP contribution in [0.4, 0.5) is 5.69 Å². The molecular weight excluding hydrogens is 377 g/mol. The highest BCUT2D eigenvalue weighted by Crippen LogP contribution is 2.37. The van der Waals surface area contributed by atoms with Gasteiger partial charge in [0.2, 0.25) is 0 Å². The minimum absolute atomic E-state index is 0.211. The van der Waals surface area contributed by atoms with E-state index in [0.717, 1.165) is 0 Å². The van der Waals surface area contributed by atoms with Crippen LogP contribution in [0.25, 0.3) is 0 Å². The lowest BCUT2D eigenvalue weighted by Gasteiger charge is -2.20. The molecule has 1 aliphatic rings. The highest BCUT2D eigenvalue weighted by atomic mass is 127. The minimum atomic E-state index is -0.252. The number of benzene rings is 2. The van der Waals surface area contributed by atoms with Gasteiger partial charge in [-0.05, 0) is 28.7 Å². The molecule has 0 atom stereocenters. The van der Waals surface area contributed by atoms with Crippen LogP contribution in [0.1, 0.15) is 31.8 Å². The molecular formula is C14H7ClINO2. The molecule has 2 N–H and O–H groups in total. The van der Waals surface area contributed by atoms with Crippen molar-refractivity contribution in [3.8, 4) is 0 Å². The highest BCUT2D eigenvalue weighted by Gasteiger charge is 2.33. The average Bonchev–Trinajstić information content (AvgIpc) is 2.40. The van der Waals surface area contributed by atoms with Crippen molar-refractivity contribution in [2.24, 2.45) is 0 Å². The normalized spacial score (nSPS) is 13.2. The van der Waals surface area contributed by atoms with Gasteiger partial charge in [0.15, 0.2) is 11.6 Å². The molecule has 5 heteroatoms. The van der Waals surface area contributed by atoms with Gasteiger partial charge in [-0.3, -0.25) is 9.59 Å². The Morgan fingerprint density at radius 3 is 2.11 bits per heavy atom. The summed E-state index contributed by atoms with van der Waals surface area (Å²) in [6, 6.07) is 8.31. The van der Waals surface area contributed by atoms with Gasteiger partial charge in [-0.1, -0.05) is 35.9 Å². The maximum Gasteiger partial charge on any atom is 0.196 e. The number of fused-ring (bicyclic) bond motifs is 2. The van der Waals surface area contributed by atoms with Crippen LogP contribution in [0, 0.1) is 3.57 Å². The van der Waals surface area contributed by atoms with Crippen molar-refractivity contribution in [2.75, 3.05) is 5.73 Å². The van der Waals surface area contributed by atoms with Crippen molar-refractivity contribution in [1.82, 2.24) is 0 Å². The number of hydrogen-bond acceptors (Lipinski definition) is 3. The van der Waals surface area contributed by atoms with Crippen LogP contribution < -0.4 is 5.73 Å². The van der Waals surface area contributed by atoms with Crippen molar-refractivity contribution in [3.05, 3.63) is 61.2 Å². The number of ketones is 2. The third-order valence-corrected chi connectivity index (χ3v) is 4.33. The Balaban J connectivity index is 2.43. The summed E-state index contributed by atoms with van der Waals surface area (Å²) < 4.78 is 0.668. The van der Waals surface area contributed by atoms with E-state index >= 15 is 0 Å². The van der Waals surface area contributed by atoms with Crippen molar-refractivity contribution >= 4 is 51.4 Å². The second-order valence-electron chi connectivity index (χ2n) is 4.21. The lowest BCUT2D eigenvalue weighted by molar-refractivity contribution is 0.0979. The maximum absolute atomic E-state index is 12.5. The number of nitrogen functional groups attached to an aromatic ring is 1. The Bertz CT molecular complexity index is 755. The molecule has 0 aliphatic heterocycles. The first-order valence-corrected chi connectivity index (χ1v) is 6.94. The van der Waals surface area contributed by atoms with Crippen LogP contribution >= 0.6 is 34.2 Å². The molecule has 0 bridgehead atoms. The maximum atomic E-state index is 12.5. The highest BCUT2D eigenvalue weighted by molar-refractivity contribution is 14.1. The van der Waals surface area contributed by atoms with Gasteiger partial charge < -0.3 is 5.73 Å². The van der Waals surface area contributed by atoms with Gasteiger partial charge in [0.05, 0.1) is 21.8 Å². The van der Waals surface area contributed by atoms with Gasteiger partial charge in [-0.25, -0.2) is 0 Å². The van der Waals surface area contributed by atoms with Crippen LogP contribution in [-0.4, -0.2) is 11.6 Å². The van der Waals surface area contributed by atoms with E-state index in [-0.39, 0.29) is 27.7 Å². The Morgan fingerprint density at radius 1 is 1.00 bits per heavy atom. The van der Waals surface area contributed by atoms with Crippen LogP contribution in [-0.2, 0) is 0 Å². The summed E-state index contributed by atoms with van der Waals surface area (Å²) in [4.78, 5) is 24.9. The van der Waals surface area contributed by atoms with Crippen molar-refractivity contribution in [2.45, 2.75) is 0 Å². The average molecular weight is 384 g/mol. The van der Waals surface area contributed by atoms with Crippen molar-refractivity contribution in [3.63, 3.8) is 0 Å². The van der Waals surface area contributed by atoms with E-state index in [9.17, 15) is 9.59 Å². The van der Waals surface area contributed by atoms with Gasteiger partial charge in [-0.2, -0.15) is 0 Å². The Kier molecular flexibility index (Phi) is 2.87. The molecule has 0 radical (unpaired) electrons. The molecule has 3 rings (SSSR count). The van der Waals surface area contributed by atoms with Crippen LogP contribution in [0.2, 0.25) is 5.02 Å². The Hall–Kier alpha value is -1.40. The third kappa shape index (κ3) is 1.70. The van der Waals surface area contributed by atoms with Crippen molar-refractivity contribution < 1.29 is 9.59 Å². The summed E-state index contributed by atoms with van der Waals surface area (Å²) in [6.45, 7) is 0. The summed E-state index contributed by atoms with van der Waals surface area (Å²) in [5, 5.41) is 0.265. The lowest BCUT2D eigenvalue weighted by Crippen LogP contribution is -2.23. The monoisotopic (exact) mass is 383 g/mol. The molecule has 0 spiro atoms. The quantitative estimate of drug-likeness (QED) is 0.479. The largest absolute Gasteiger partial charge is 0.397 e. The molecule has 0 amide bonds. The number of halogens is 2. The van der Waals surface area contributed by atoms with E-state index in [4.69, 9.17) is 17.3 Å². The molecule has 0 fully saturated rings. The predicted molar refractivity (Wildman–Crippen MR) is 81.9 cm³/mol. The molecule has 3 nitrogen and oxygen atoms in total. The Morgan fingerprint density at radius 2 is 1.53 bits per heavy atom. The summed E-state index contributed by atoms with van der Waals surface area (Å²) >= 11 is 8.11. The van der Waals surface area contributed by atoms with Gasteiger partial charge in [0.1, 0.15) is 0 Å². The zero-order chi connectivity index (χ0) is 13.7. The first-order chi connectivity index (χ1) is 9.02. The van der Waals surface area contributed by atoms with E-state index in [1.807, 2.05) is 22.6 Å². The molecule has 2 aromatic carbocycles. The summed E-state index contributed by atoms with van der Waals surface area (Å²) in [5.74, 6) is -0.499. The fourth-order valence-electron chi connectivity index (χ4n) is 2.24. The molecule has 19 heavy (non-hydrogen) atoms. The Labute approximate surface area is 127 Å². The van der Waals surface area contributed by atoms with Crippen LogP contribution in [0.15, 0.2) is 30.3 Å². The number of rotatable bonds is 0. The fraction of sp³-hybridized carbons (Fsp3) is 0. The van der Waals surface area contributed by atoms with E-state index in [0.29, 0.717) is 20.4 Å². The smallest absolute Gasteiger partial charge is 0.196 e. The standard InChI is InChI=1S/C14H7ClINO2/c15-8-5-9(16)12(17)11-10(8)13(18)6-3-1-2-4-7(6)14(11)19/h1-5H,17H2. The number of anilines is 1. The predicted octanol–water partition coefficient (Wildman–Crippen LogP) is 3.30. The van der Waals surface area contributed by atoms with Gasteiger partial charge in [-0.15, -0.1) is 0 Å².